The van der Waals surface area contributed by atoms with Crippen molar-refractivity contribution in [1.82, 2.24) is 10.2 Å². The molecule has 0 spiro atoms. The van der Waals surface area contributed by atoms with Crippen molar-refractivity contribution in [2.45, 2.75) is 71.5 Å². The smallest absolute Gasteiger partial charge is 0.261 e. The molecular formula is C27H35ClN2O4. The number of hydrogen-bond donors (Lipinski definition) is 1. The minimum Gasteiger partial charge on any atom is -0.497 e. The van der Waals surface area contributed by atoms with E-state index in [-0.39, 0.29) is 24.5 Å². The average Bonchev–Trinajstić information content (AvgIpc) is 2.84. The van der Waals surface area contributed by atoms with Crippen molar-refractivity contribution in [3.63, 3.8) is 0 Å². The predicted molar refractivity (Wildman–Crippen MR) is 134 cm³/mol. The van der Waals surface area contributed by atoms with Gasteiger partial charge < -0.3 is 19.7 Å². The summed E-state index contributed by atoms with van der Waals surface area (Å²) < 4.78 is 11.1. The third-order valence-corrected chi connectivity index (χ3v) is 7.00. The molecule has 1 N–H and O–H groups in total. The van der Waals surface area contributed by atoms with E-state index in [9.17, 15) is 9.59 Å². The van der Waals surface area contributed by atoms with Crippen molar-refractivity contribution >= 4 is 23.4 Å². The molecule has 1 atom stereocenters. The first kappa shape index (κ1) is 25.9. The third-order valence-electron chi connectivity index (χ3n) is 6.40. The molecule has 2 amide bonds. The number of benzene rings is 2. The Morgan fingerprint density at radius 3 is 2.26 bits per heavy atom. The molecular weight excluding hydrogens is 452 g/mol. The van der Waals surface area contributed by atoms with Crippen LogP contribution in [0.1, 0.15) is 55.7 Å². The van der Waals surface area contributed by atoms with Crippen molar-refractivity contribution in [1.29, 1.82) is 0 Å². The van der Waals surface area contributed by atoms with Crippen LogP contribution in [-0.2, 0) is 16.1 Å². The average molecular weight is 487 g/mol. The SMILES string of the molecule is COc1ccc(CN(C(=O)COc2cc(C)c(Cl)c(C)c2)[C@@H](C)C(=O)NC2CCCCC2)cc1. The van der Waals surface area contributed by atoms with Gasteiger partial charge in [-0.1, -0.05) is 43.0 Å². The fraction of sp³-hybridized carbons (Fsp3) is 0.481. The van der Waals surface area contributed by atoms with Crippen molar-refractivity contribution in [3.05, 3.63) is 58.1 Å². The molecule has 0 bridgehead atoms. The molecule has 2 aromatic rings. The minimum atomic E-state index is -0.631. The van der Waals surface area contributed by atoms with Crippen molar-refractivity contribution in [2.75, 3.05) is 13.7 Å². The minimum absolute atomic E-state index is 0.132. The molecule has 1 fully saturated rings. The van der Waals surface area contributed by atoms with Gasteiger partial charge in [0.05, 0.1) is 7.11 Å². The number of halogens is 1. The van der Waals surface area contributed by atoms with Crippen LogP contribution in [0.25, 0.3) is 0 Å². The van der Waals surface area contributed by atoms with E-state index in [0.717, 1.165) is 48.1 Å². The van der Waals surface area contributed by atoms with Crippen LogP contribution >= 0.6 is 11.6 Å². The standard InChI is InChI=1S/C27H35ClN2O4/c1-18-14-24(15-19(2)26(18)28)34-17-25(31)30(16-21-10-12-23(33-4)13-11-21)20(3)27(32)29-22-8-6-5-7-9-22/h10-15,20,22H,5-9,16-17H2,1-4H3,(H,29,32)/t20-/m0/s1. The van der Waals surface area contributed by atoms with Crippen LogP contribution in [0.15, 0.2) is 36.4 Å². The number of amides is 2. The normalized spacial score (nSPS) is 14.9. The summed E-state index contributed by atoms with van der Waals surface area (Å²) in [6.07, 6.45) is 5.45. The molecule has 0 aliphatic heterocycles. The largest absolute Gasteiger partial charge is 0.497 e. The molecule has 0 heterocycles. The highest BCUT2D eigenvalue weighted by Crippen LogP contribution is 2.26. The summed E-state index contributed by atoms with van der Waals surface area (Å²) in [5.74, 6) is 0.928. The molecule has 1 saturated carbocycles. The van der Waals surface area contributed by atoms with Crippen LogP contribution < -0.4 is 14.8 Å². The lowest BCUT2D eigenvalue weighted by molar-refractivity contribution is -0.142. The van der Waals surface area contributed by atoms with Gasteiger partial charge in [-0.05, 0) is 74.6 Å². The molecule has 6 nitrogen and oxygen atoms in total. The topological polar surface area (TPSA) is 67.9 Å². The van der Waals surface area contributed by atoms with Crippen molar-refractivity contribution in [3.8, 4) is 11.5 Å². The molecule has 0 radical (unpaired) electrons. The molecule has 184 valence electrons. The van der Waals surface area contributed by atoms with Gasteiger partial charge >= 0.3 is 0 Å². The van der Waals surface area contributed by atoms with Gasteiger partial charge in [-0.3, -0.25) is 9.59 Å². The Bertz CT molecular complexity index is 964. The van der Waals surface area contributed by atoms with Gasteiger partial charge in [-0.15, -0.1) is 0 Å². The zero-order valence-electron chi connectivity index (χ0n) is 20.5. The second-order valence-corrected chi connectivity index (χ2v) is 9.43. The van der Waals surface area contributed by atoms with Gasteiger partial charge in [0.25, 0.3) is 5.91 Å². The summed E-state index contributed by atoms with van der Waals surface area (Å²) >= 11 is 6.25. The van der Waals surface area contributed by atoms with Gasteiger partial charge in [0.1, 0.15) is 17.5 Å². The third kappa shape index (κ3) is 6.89. The molecule has 3 rings (SSSR count). The summed E-state index contributed by atoms with van der Waals surface area (Å²) in [5.41, 5.74) is 2.68. The number of aryl methyl sites for hydroxylation is 2. The molecule has 1 aliphatic rings. The van der Waals surface area contributed by atoms with E-state index in [0.29, 0.717) is 17.3 Å². The number of hydrogen-bond acceptors (Lipinski definition) is 4. The van der Waals surface area contributed by atoms with Gasteiger partial charge in [0.15, 0.2) is 6.61 Å². The van der Waals surface area contributed by atoms with Crippen LogP contribution in [0.4, 0.5) is 0 Å². The highest BCUT2D eigenvalue weighted by atomic mass is 35.5. The van der Waals surface area contributed by atoms with E-state index in [1.54, 1.807) is 18.9 Å². The molecule has 2 aromatic carbocycles. The number of ether oxygens (including phenoxy) is 2. The van der Waals surface area contributed by atoms with Crippen molar-refractivity contribution in [2.24, 2.45) is 0 Å². The maximum Gasteiger partial charge on any atom is 0.261 e. The van der Waals surface area contributed by atoms with Gasteiger partial charge in [-0.2, -0.15) is 0 Å². The number of methoxy groups -OCH3 is 1. The molecule has 34 heavy (non-hydrogen) atoms. The highest BCUT2D eigenvalue weighted by Gasteiger charge is 2.28. The first-order valence-corrected chi connectivity index (χ1v) is 12.3. The maximum absolute atomic E-state index is 13.3. The van der Waals surface area contributed by atoms with E-state index < -0.39 is 6.04 Å². The molecule has 7 heteroatoms. The number of nitrogens with zero attached hydrogens (tertiary/aromatic N) is 1. The first-order chi connectivity index (χ1) is 16.3. The second kappa shape index (κ2) is 12.1. The Morgan fingerprint density at radius 1 is 1.06 bits per heavy atom. The van der Waals surface area contributed by atoms with Crippen molar-refractivity contribution < 1.29 is 19.1 Å². The molecule has 0 saturated heterocycles. The number of nitrogens with one attached hydrogen (secondary N) is 1. The van der Waals surface area contributed by atoms with E-state index in [1.165, 1.54) is 6.42 Å². The summed E-state index contributed by atoms with van der Waals surface area (Å²) in [4.78, 5) is 27.9. The lowest BCUT2D eigenvalue weighted by atomic mass is 9.95. The Hall–Kier alpha value is -2.73. The van der Waals surface area contributed by atoms with Gasteiger partial charge in [0, 0.05) is 17.6 Å². The van der Waals surface area contributed by atoms with Crippen LogP contribution in [0, 0.1) is 13.8 Å². The van der Waals surface area contributed by atoms with Crippen LogP contribution in [0.2, 0.25) is 5.02 Å². The van der Waals surface area contributed by atoms with E-state index in [1.807, 2.05) is 50.2 Å². The Labute approximate surface area is 207 Å². The molecule has 1 aliphatic carbocycles. The monoisotopic (exact) mass is 486 g/mol. The lowest BCUT2D eigenvalue weighted by Crippen LogP contribution is -2.51. The molecule has 0 unspecified atom stereocenters. The fourth-order valence-corrected chi connectivity index (χ4v) is 4.41. The van der Waals surface area contributed by atoms with Gasteiger partial charge in [0.2, 0.25) is 5.91 Å². The Kier molecular flexibility index (Phi) is 9.22. The van der Waals surface area contributed by atoms with E-state index >= 15 is 0 Å². The highest BCUT2D eigenvalue weighted by molar-refractivity contribution is 6.32. The maximum atomic E-state index is 13.3. The predicted octanol–water partition coefficient (Wildman–Crippen LogP) is 5.21. The number of rotatable bonds is 9. The zero-order valence-corrected chi connectivity index (χ0v) is 21.3. The lowest BCUT2D eigenvalue weighted by Gasteiger charge is -2.31. The number of carbonyl (C=O) groups is 2. The quantitative estimate of drug-likeness (QED) is 0.528. The summed E-state index contributed by atoms with van der Waals surface area (Å²) in [5, 5.41) is 3.83. The summed E-state index contributed by atoms with van der Waals surface area (Å²) in [6, 6.07) is 10.7. The fourth-order valence-electron chi connectivity index (χ4n) is 4.30. The summed E-state index contributed by atoms with van der Waals surface area (Å²) in [7, 11) is 1.61. The van der Waals surface area contributed by atoms with E-state index in [2.05, 4.69) is 5.32 Å². The Balaban J connectivity index is 1.73. The van der Waals surface area contributed by atoms with Crippen LogP contribution in [-0.4, -0.2) is 42.5 Å². The molecule has 0 aromatic heterocycles. The zero-order chi connectivity index (χ0) is 24.7. The number of carbonyl (C=O) groups excluding carboxylic acids is 2. The second-order valence-electron chi connectivity index (χ2n) is 9.05. The van der Waals surface area contributed by atoms with E-state index in [4.69, 9.17) is 21.1 Å². The first-order valence-electron chi connectivity index (χ1n) is 11.9. The van der Waals surface area contributed by atoms with Crippen LogP contribution in [0.5, 0.6) is 11.5 Å². The van der Waals surface area contributed by atoms with Gasteiger partial charge in [-0.25, -0.2) is 0 Å². The van der Waals surface area contributed by atoms with Crippen LogP contribution in [0.3, 0.4) is 0 Å². The summed E-state index contributed by atoms with van der Waals surface area (Å²) in [6.45, 7) is 5.70. The Morgan fingerprint density at radius 2 is 1.68 bits per heavy atom.